The Hall–Kier alpha value is -1.66. The van der Waals surface area contributed by atoms with E-state index in [1.807, 2.05) is 12.1 Å². The Bertz CT molecular complexity index is 919. The van der Waals surface area contributed by atoms with Gasteiger partial charge in [-0.3, -0.25) is 9.36 Å². The van der Waals surface area contributed by atoms with E-state index in [1.165, 1.54) is 4.57 Å². The Balaban J connectivity index is 2.37. The number of aromatic hydroxyl groups is 1. The van der Waals surface area contributed by atoms with Crippen LogP contribution in [0.15, 0.2) is 50.1 Å². The first kappa shape index (κ1) is 14.3. The van der Waals surface area contributed by atoms with E-state index >= 15 is 0 Å². The summed E-state index contributed by atoms with van der Waals surface area (Å²) >= 11 is 6.70. The molecule has 106 valence electrons. The molecule has 0 radical (unpaired) electrons. The fraction of sp³-hybridized carbons (Fsp3) is 0.0667. The minimum absolute atomic E-state index is 0.111. The highest BCUT2D eigenvalue weighted by atomic mass is 79.9. The van der Waals surface area contributed by atoms with Gasteiger partial charge in [-0.15, -0.1) is 0 Å². The number of para-hydroxylation sites is 1. The van der Waals surface area contributed by atoms with Crippen LogP contribution in [0.4, 0.5) is 0 Å². The van der Waals surface area contributed by atoms with Crippen LogP contribution in [0.25, 0.3) is 22.3 Å². The van der Waals surface area contributed by atoms with Gasteiger partial charge in [0.1, 0.15) is 11.6 Å². The smallest absolute Gasteiger partial charge is 0.261 e. The molecule has 0 atom stereocenters. The lowest BCUT2D eigenvalue weighted by Gasteiger charge is -2.10. The fourth-order valence-electron chi connectivity index (χ4n) is 2.16. The summed E-state index contributed by atoms with van der Waals surface area (Å²) in [5.41, 5.74) is 1.26. The summed E-state index contributed by atoms with van der Waals surface area (Å²) in [6, 6.07) is 10.4. The van der Waals surface area contributed by atoms with Crippen molar-refractivity contribution in [2.24, 2.45) is 7.05 Å². The highest BCUT2D eigenvalue weighted by Crippen LogP contribution is 2.29. The van der Waals surface area contributed by atoms with Crippen molar-refractivity contribution in [1.29, 1.82) is 0 Å². The summed E-state index contributed by atoms with van der Waals surface area (Å²) in [7, 11) is 1.69. The molecule has 0 aliphatic rings. The lowest BCUT2D eigenvalue weighted by atomic mass is 10.1. The van der Waals surface area contributed by atoms with Gasteiger partial charge in [0.15, 0.2) is 0 Å². The molecule has 0 unspecified atom stereocenters. The van der Waals surface area contributed by atoms with Crippen LogP contribution in [-0.2, 0) is 7.05 Å². The maximum absolute atomic E-state index is 12.5. The predicted octanol–water partition coefficient (Wildman–Crippen LogP) is 3.83. The Labute approximate surface area is 137 Å². The molecule has 0 spiro atoms. The Morgan fingerprint density at radius 2 is 1.90 bits per heavy atom. The molecule has 0 bridgehead atoms. The summed E-state index contributed by atoms with van der Waals surface area (Å²) in [6.07, 6.45) is 0. The van der Waals surface area contributed by atoms with E-state index in [9.17, 15) is 9.90 Å². The molecular weight excluding hydrogens is 400 g/mol. The molecule has 1 heterocycles. The predicted molar refractivity (Wildman–Crippen MR) is 89.5 cm³/mol. The van der Waals surface area contributed by atoms with Gasteiger partial charge in [0.25, 0.3) is 5.56 Å². The molecule has 2 aromatic carbocycles. The van der Waals surface area contributed by atoms with Gasteiger partial charge < -0.3 is 5.11 Å². The second kappa shape index (κ2) is 5.27. The Morgan fingerprint density at radius 1 is 1.14 bits per heavy atom. The number of hydrogen-bond donors (Lipinski definition) is 1. The van der Waals surface area contributed by atoms with Crippen LogP contribution in [0.3, 0.4) is 0 Å². The first-order chi connectivity index (χ1) is 9.99. The number of rotatable bonds is 1. The van der Waals surface area contributed by atoms with Crippen molar-refractivity contribution in [3.05, 3.63) is 55.7 Å². The normalized spacial score (nSPS) is 11.0. The van der Waals surface area contributed by atoms with Crippen LogP contribution >= 0.6 is 31.9 Å². The number of hydrogen-bond acceptors (Lipinski definition) is 3. The SMILES string of the molecule is Cn1c(-c2ccc(O)c(Br)c2)nc2c(Br)cccc2c1=O. The molecule has 21 heavy (non-hydrogen) atoms. The van der Waals surface area contributed by atoms with Crippen LogP contribution in [0, 0.1) is 0 Å². The van der Waals surface area contributed by atoms with Gasteiger partial charge in [-0.25, -0.2) is 4.98 Å². The number of nitrogens with zero attached hydrogens (tertiary/aromatic N) is 2. The van der Waals surface area contributed by atoms with Gasteiger partial charge in [0.2, 0.25) is 0 Å². The van der Waals surface area contributed by atoms with E-state index in [-0.39, 0.29) is 11.3 Å². The third-order valence-corrected chi connectivity index (χ3v) is 4.54. The molecule has 0 saturated carbocycles. The van der Waals surface area contributed by atoms with Gasteiger partial charge in [-0.1, -0.05) is 6.07 Å². The third-order valence-electron chi connectivity index (χ3n) is 3.26. The van der Waals surface area contributed by atoms with Crippen LogP contribution in [-0.4, -0.2) is 14.7 Å². The highest BCUT2D eigenvalue weighted by Gasteiger charge is 2.12. The topological polar surface area (TPSA) is 55.1 Å². The quantitative estimate of drug-likeness (QED) is 0.664. The average molecular weight is 410 g/mol. The Morgan fingerprint density at radius 3 is 2.62 bits per heavy atom. The van der Waals surface area contributed by atoms with Crippen molar-refractivity contribution >= 4 is 42.8 Å². The van der Waals surface area contributed by atoms with Gasteiger partial charge in [-0.05, 0) is 62.2 Å². The van der Waals surface area contributed by atoms with Crippen LogP contribution in [0.5, 0.6) is 5.75 Å². The van der Waals surface area contributed by atoms with Gasteiger partial charge in [0, 0.05) is 17.1 Å². The molecule has 6 heteroatoms. The molecule has 1 aromatic heterocycles. The molecule has 3 rings (SSSR count). The highest BCUT2D eigenvalue weighted by molar-refractivity contribution is 9.11. The zero-order valence-electron chi connectivity index (χ0n) is 11.0. The summed E-state index contributed by atoms with van der Waals surface area (Å²) in [5, 5.41) is 10.2. The molecule has 3 aromatic rings. The van der Waals surface area contributed by atoms with E-state index in [0.29, 0.717) is 21.2 Å². The van der Waals surface area contributed by atoms with Crippen molar-refractivity contribution in [2.75, 3.05) is 0 Å². The van der Waals surface area contributed by atoms with E-state index in [4.69, 9.17) is 0 Å². The van der Waals surface area contributed by atoms with Crippen molar-refractivity contribution in [3.63, 3.8) is 0 Å². The number of phenolic OH excluding ortho intramolecular Hbond substituents is 1. The minimum Gasteiger partial charge on any atom is -0.507 e. The number of benzene rings is 2. The van der Waals surface area contributed by atoms with Crippen LogP contribution in [0.1, 0.15) is 0 Å². The number of halogens is 2. The van der Waals surface area contributed by atoms with E-state index in [2.05, 4.69) is 36.8 Å². The van der Waals surface area contributed by atoms with Crippen LogP contribution < -0.4 is 5.56 Å². The van der Waals surface area contributed by atoms with Gasteiger partial charge in [-0.2, -0.15) is 0 Å². The molecule has 0 amide bonds. The van der Waals surface area contributed by atoms with Crippen molar-refractivity contribution < 1.29 is 5.11 Å². The van der Waals surface area contributed by atoms with Crippen molar-refractivity contribution in [1.82, 2.24) is 9.55 Å². The lowest BCUT2D eigenvalue weighted by Crippen LogP contribution is -2.20. The van der Waals surface area contributed by atoms with Crippen molar-refractivity contribution in [2.45, 2.75) is 0 Å². The van der Waals surface area contributed by atoms with Crippen LogP contribution in [0.2, 0.25) is 0 Å². The number of fused-ring (bicyclic) bond motifs is 1. The summed E-state index contributed by atoms with van der Waals surface area (Å²) in [6.45, 7) is 0. The summed E-state index contributed by atoms with van der Waals surface area (Å²) in [5.74, 6) is 0.686. The molecule has 0 aliphatic heterocycles. The molecule has 0 saturated heterocycles. The number of phenols is 1. The molecular formula is C15H10Br2N2O2. The average Bonchev–Trinajstić information content (AvgIpc) is 2.46. The minimum atomic E-state index is -0.111. The standard InChI is InChI=1S/C15H10Br2N2O2/c1-19-14(8-5-6-12(20)11(17)7-8)18-13-9(15(19)21)3-2-4-10(13)16/h2-7,20H,1H3. The molecule has 0 fully saturated rings. The van der Waals surface area contributed by atoms with E-state index < -0.39 is 0 Å². The zero-order chi connectivity index (χ0) is 15.1. The zero-order valence-corrected chi connectivity index (χ0v) is 14.1. The maximum atomic E-state index is 12.5. The van der Waals surface area contributed by atoms with Crippen molar-refractivity contribution in [3.8, 4) is 17.1 Å². The molecule has 1 N–H and O–H groups in total. The lowest BCUT2D eigenvalue weighted by molar-refractivity contribution is 0.472. The Kier molecular flexibility index (Phi) is 3.59. The largest absolute Gasteiger partial charge is 0.507 e. The summed E-state index contributed by atoms with van der Waals surface area (Å²) in [4.78, 5) is 17.1. The third kappa shape index (κ3) is 2.38. The summed E-state index contributed by atoms with van der Waals surface area (Å²) < 4.78 is 2.84. The molecule has 4 nitrogen and oxygen atoms in total. The van der Waals surface area contributed by atoms with E-state index in [1.54, 1.807) is 31.3 Å². The first-order valence-electron chi connectivity index (χ1n) is 6.13. The first-order valence-corrected chi connectivity index (χ1v) is 7.72. The monoisotopic (exact) mass is 408 g/mol. The van der Waals surface area contributed by atoms with Gasteiger partial charge in [0.05, 0.1) is 15.4 Å². The molecule has 0 aliphatic carbocycles. The fourth-order valence-corrected chi connectivity index (χ4v) is 3.00. The van der Waals surface area contributed by atoms with E-state index in [0.717, 1.165) is 10.0 Å². The maximum Gasteiger partial charge on any atom is 0.261 e. The van der Waals surface area contributed by atoms with Gasteiger partial charge >= 0.3 is 0 Å². The second-order valence-corrected chi connectivity index (χ2v) is 6.31. The number of aromatic nitrogens is 2. The second-order valence-electron chi connectivity index (χ2n) is 4.60.